The monoisotopic (exact) mass is 233 g/mol. The summed E-state index contributed by atoms with van der Waals surface area (Å²) in [5.41, 5.74) is 1.79. The predicted molar refractivity (Wildman–Crippen MR) is 66.9 cm³/mol. The third-order valence-corrected chi connectivity index (χ3v) is 3.57. The van der Waals surface area contributed by atoms with E-state index in [0.717, 1.165) is 24.1 Å². The Kier molecular flexibility index (Phi) is 3.48. The maximum absolute atomic E-state index is 12.3. The summed E-state index contributed by atoms with van der Waals surface area (Å²) in [5, 5.41) is 9.54. The zero-order valence-corrected chi connectivity index (χ0v) is 10.4. The first kappa shape index (κ1) is 12.1. The van der Waals surface area contributed by atoms with E-state index in [4.69, 9.17) is 0 Å². The lowest BCUT2D eigenvalue weighted by Gasteiger charge is -2.18. The Labute approximate surface area is 102 Å². The summed E-state index contributed by atoms with van der Waals surface area (Å²) < 4.78 is 0. The molecule has 3 heteroatoms. The molecule has 0 aliphatic carbocycles. The Morgan fingerprint density at radius 2 is 2.18 bits per heavy atom. The number of hydrogen-bond donors (Lipinski definition) is 1. The second-order valence-corrected chi connectivity index (χ2v) is 4.86. The summed E-state index contributed by atoms with van der Waals surface area (Å²) in [6, 6.07) is 7.65. The van der Waals surface area contributed by atoms with Gasteiger partial charge in [-0.2, -0.15) is 0 Å². The lowest BCUT2D eigenvalue weighted by atomic mass is 10.0. The number of nitrogens with zero attached hydrogens (tertiary/aromatic N) is 1. The van der Waals surface area contributed by atoms with Gasteiger partial charge < -0.3 is 10.0 Å². The molecule has 1 fully saturated rings. The van der Waals surface area contributed by atoms with Gasteiger partial charge >= 0.3 is 0 Å². The lowest BCUT2D eigenvalue weighted by molar-refractivity contribution is 0.0762. The number of aliphatic hydroxyl groups excluding tert-OH is 1. The molecule has 92 valence electrons. The van der Waals surface area contributed by atoms with E-state index >= 15 is 0 Å². The number of hydrogen-bond acceptors (Lipinski definition) is 2. The fourth-order valence-corrected chi connectivity index (χ4v) is 2.35. The molecule has 17 heavy (non-hydrogen) atoms. The number of aryl methyl sites for hydroxylation is 1. The van der Waals surface area contributed by atoms with E-state index in [0.29, 0.717) is 6.54 Å². The molecule has 1 aliphatic rings. The standard InChI is InChI=1S/C14H19NO2/c1-10-5-3-4-6-13(10)14(17)15-8-7-12(9-15)11(2)16/h3-6,11-12,16H,7-9H2,1-2H3. The van der Waals surface area contributed by atoms with E-state index in [1.54, 1.807) is 6.92 Å². The molecule has 0 saturated carbocycles. The molecule has 1 N–H and O–H groups in total. The Morgan fingerprint density at radius 1 is 1.47 bits per heavy atom. The molecule has 1 heterocycles. The molecule has 0 bridgehead atoms. The van der Waals surface area contributed by atoms with E-state index in [1.807, 2.05) is 36.1 Å². The highest BCUT2D eigenvalue weighted by Crippen LogP contribution is 2.22. The van der Waals surface area contributed by atoms with E-state index in [1.165, 1.54) is 0 Å². The number of carbonyl (C=O) groups is 1. The van der Waals surface area contributed by atoms with E-state index in [2.05, 4.69) is 0 Å². The first-order valence-electron chi connectivity index (χ1n) is 6.12. The molecule has 1 amide bonds. The normalized spacial score (nSPS) is 21.6. The Balaban J connectivity index is 2.10. The number of aliphatic hydroxyl groups is 1. The highest BCUT2D eigenvalue weighted by Gasteiger charge is 2.29. The molecule has 1 aromatic carbocycles. The van der Waals surface area contributed by atoms with Gasteiger partial charge in [-0.25, -0.2) is 0 Å². The van der Waals surface area contributed by atoms with Crippen molar-refractivity contribution >= 4 is 5.91 Å². The van der Waals surface area contributed by atoms with Crippen molar-refractivity contribution in [1.29, 1.82) is 0 Å². The van der Waals surface area contributed by atoms with Crippen LogP contribution in [0.5, 0.6) is 0 Å². The average Bonchev–Trinajstić information content (AvgIpc) is 2.78. The van der Waals surface area contributed by atoms with Crippen molar-refractivity contribution in [2.75, 3.05) is 13.1 Å². The average molecular weight is 233 g/mol. The highest BCUT2D eigenvalue weighted by molar-refractivity contribution is 5.95. The van der Waals surface area contributed by atoms with Gasteiger partial charge in [0.15, 0.2) is 0 Å². The van der Waals surface area contributed by atoms with Crippen LogP contribution in [0.25, 0.3) is 0 Å². The Morgan fingerprint density at radius 3 is 2.76 bits per heavy atom. The van der Waals surface area contributed by atoms with Crippen LogP contribution in [0.3, 0.4) is 0 Å². The van der Waals surface area contributed by atoms with Crippen LogP contribution in [0.2, 0.25) is 0 Å². The van der Waals surface area contributed by atoms with Gasteiger partial charge in [-0.3, -0.25) is 4.79 Å². The van der Waals surface area contributed by atoms with E-state index < -0.39 is 0 Å². The quantitative estimate of drug-likeness (QED) is 0.846. The first-order valence-corrected chi connectivity index (χ1v) is 6.12. The molecule has 1 aliphatic heterocycles. The van der Waals surface area contributed by atoms with Gasteiger partial charge in [-0.15, -0.1) is 0 Å². The van der Waals surface area contributed by atoms with Crippen molar-refractivity contribution in [2.45, 2.75) is 26.4 Å². The van der Waals surface area contributed by atoms with Gasteiger partial charge in [0.1, 0.15) is 0 Å². The topological polar surface area (TPSA) is 40.5 Å². The number of likely N-dealkylation sites (tertiary alicyclic amines) is 1. The molecule has 1 saturated heterocycles. The number of benzene rings is 1. The van der Waals surface area contributed by atoms with E-state index in [-0.39, 0.29) is 17.9 Å². The van der Waals surface area contributed by atoms with Crippen molar-refractivity contribution in [2.24, 2.45) is 5.92 Å². The third kappa shape index (κ3) is 2.50. The Bertz CT molecular complexity index is 414. The van der Waals surface area contributed by atoms with Crippen molar-refractivity contribution < 1.29 is 9.90 Å². The van der Waals surface area contributed by atoms with Gasteiger partial charge in [0.2, 0.25) is 0 Å². The summed E-state index contributed by atoms with van der Waals surface area (Å²) in [6.45, 7) is 5.18. The Hall–Kier alpha value is -1.35. The largest absolute Gasteiger partial charge is 0.393 e. The van der Waals surface area contributed by atoms with Crippen molar-refractivity contribution in [1.82, 2.24) is 4.90 Å². The van der Waals surface area contributed by atoms with Gasteiger partial charge in [0, 0.05) is 24.6 Å². The van der Waals surface area contributed by atoms with Gasteiger partial charge in [-0.1, -0.05) is 18.2 Å². The number of amides is 1. The van der Waals surface area contributed by atoms with Crippen molar-refractivity contribution in [3.63, 3.8) is 0 Å². The SMILES string of the molecule is Cc1ccccc1C(=O)N1CCC(C(C)O)C1. The molecule has 0 aromatic heterocycles. The zero-order chi connectivity index (χ0) is 12.4. The second-order valence-electron chi connectivity index (χ2n) is 4.86. The van der Waals surface area contributed by atoms with Gasteiger partial charge in [0.25, 0.3) is 5.91 Å². The minimum atomic E-state index is -0.329. The molecule has 1 aromatic rings. The number of carbonyl (C=O) groups excluding carboxylic acids is 1. The summed E-state index contributed by atoms with van der Waals surface area (Å²) in [6.07, 6.45) is 0.569. The molecular weight excluding hydrogens is 214 g/mol. The van der Waals surface area contributed by atoms with Crippen LogP contribution in [0.4, 0.5) is 0 Å². The van der Waals surface area contributed by atoms with Crippen LogP contribution in [0.1, 0.15) is 29.3 Å². The maximum Gasteiger partial charge on any atom is 0.254 e. The van der Waals surface area contributed by atoms with Crippen LogP contribution in [0, 0.1) is 12.8 Å². The molecule has 3 nitrogen and oxygen atoms in total. The predicted octanol–water partition coefficient (Wildman–Crippen LogP) is 1.84. The molecule has 2 unspecified atom stereocenters. The molecule has 2 atom stereocenters. The highest BCUT2D eigenvalue weighted by atomic mass is 16.3. The fraction of sp³-hybridized carbons (Fsp3) is 0.500. The second kappa shape index (κ2) is 4.88. The van der Waals surface area contributed by atoms with Crippen LogP contribution >= 0.6 is 0 Å². The van der Waals surface area contributed by atoms with Gasteiger partial charge in [0.05, 0.1) is 6.10 Å². The van der Waals surface area contributed by atoms with Crippen LogP contribution in [-0.2, 0) is 0 Å². The molecule has 0 spiro atoms. The summed E-state index contributed by atoms with van der Waals surface area (Å²) in [7, 11) is 0. The lowest BCUT2D eigenvalue weighted by Crippen LogP contribution is -2.30. The van der Waals surface area contributed by atoms with Crippen molar-refractivity contribution in [3.8, 4) is 0 Å². The summed E-state index contributed by atoms with van der Waals surface area (Å²) in [4.78, 5) is 14.1. The molecule has 2 rings (SSSR count). The van der Waals surface area contributed by atoms with E-state index in [9.17, 15) is 9.90 Å². The third-order valence-electron chi connectivity index (χ3n) is 3.57. The van der Waals surface area contributed by atoms with Crippen molar-refractivity contribution in [3.05, 3.63) is 35.4 Å². The zero-order valence-electron chi connectivity index (χ0n) is 10.4. The molecule has 0 radical (unpaired) electrons. The summed E-state index contributed by atoms with van der Waals surface area (Å²) >= 11 is 0. The summed E-state index contributed by atoms with van der Waals surface area (Å²) in [5.74, 6) is 0.314. The van der Waals surface area contributed by atoms with Crippen LogP contribution < -0.4 is 0 Å². The maximum atomic E-state index is 12.3. The van der Waals surface area contributed by atoms with Crippen LogP contribution in [0.15, 0.2) is 24.3 Å². The first-order chi connectivity index (χ1) is 8.09. The molecular formula is C14H19NO2. The number of rotatable bonds is 2. The minimum Gasteiger partial charge on any atom is -0.393 e. The van der Waals surface area contributed by atoms with Gasteiger partial charge in [-0.05, 0) is 31.9 Å². The smallest absolute Gasteiger partial charge is 0.254 e. The van der Waals surface area contributed by atoms with Crippen LogP contribution in [-0.4, -0.2) is 35.1 Å². The minimum absolute atomic E-state index is 0.0891. The fourth-order valence-electron chi connectivity index (χ4n) is 2.35.